The highest BCUT2D eigenvalue weighted by molar-refractivity contribution is 9.10. The Bertz CT molecular complexity index is 1060. The average molecular weight is 433 g/mol. The largest absolute Gasteiger partial charge is 0.468 e. The number of amides is 1. The van der Waals surface area contributed by atoms with Gasteiger partial charge < -0.3 is 9.30 Å². The highest BCUT2D eigenvalue weighted by atomic mass is 79.9. The molecule has 0 N–H and O–H groups in total. The molecule has 26 heavy (non-hydrogen) atoms. The topological polar surface area (TPSA) is 60.7 Å². The van der Waals surface area contributed by atoms with Crippen LogP contribution in [0, 0.1) is 13.8 Å². The molecule has 3 rings (SSSR count). The van der Waals surface area contributed by atoms with Crippen LogP contribution < -0.4 is 4.80 Å². The number of esters is 1. The molecular formula is C19H17BrN2O3S. The van der Waals surface area contributed by atoms with Crippen molar-refractivity contribution in [3.8, 4) is 0 Å². The molecule has 0 saturated carbocycles. The molecule has 7 heteroatoms. The number of ether oxygens (including phenoxy) is 1. The number of carbonyl (C=O) groups excluding carboxylic acids is 2. The highest BCUT2D eigenvalue weighted by Gasteiger charge is 2.13. The minimum atomic E-state index is -0.388. The van der Waals surface area contributed by atoms with Gasteiger partial charge in [-0.25, -0.2) is 0 Å². The molecule has 0 unspecified atom stereocenters. The Kier molecular flexibility index (Phi) is 5.38. The second kappa shape index (κ2) is 7.55. The van der Waals surface area contributed by atoms with Crippen molar-refractivity contribution in [3.63, 3.8) is 0 Å². The predicted octanol–water partition coefficient (Wildman–Crippen LogP) is 4.00. The number of hydrogen-bond donors (Lipinski definition) is 0. The maximum Gasteiger partial charge on any atom is 0.325 e. The molecule has 0 radical (unpaired) electrons. The van der Waals surface area contributed by atoms with Crippen LogP contribution in [-0.4, -0.2) is 23.6 Å². The third-order valence-electron chi connectivity index (χ3n) is 4.10. The SMILES string of the molecule is COC(=O)Cn1c(=NC(=O)c2ccc(Br)cc2)sc2cc(C)c(C)cc21. The number of rotatable bonds is 3. The number of aryl methyl sites for hydroxylation is 2. The highest BCUT2D eigenvalue weighted by Crippen LogP contribution is 2.22. The molecule has 5 nitrogen and oxygen atoms in total. The number of nitrogens with zero attached hydrogens (tertiary/aromatic N) is 2. The summed E-state index contributed by atoms with van der Waals surface area (Å²) in [6, 6.07) is 11.1. The molecule has 0 aliphatic heterocycles. The Balaban J connectivity index is 2.16. The number of hydrogen-bond acceptors (Lipinski definition) is 4. The van der Waals surface area contributed by atoms with Crippen molar-refractivity contribution in [2.24, 2.45) is 4.99 Å². The van der Waals surface area contributed by atoms with Gasteiger partial charge in [0.1, 0.15) is 6.54 Å². The lowest BCUT2D eigenvalue weighted by atomic mass is 10.1. The minimum absolute atomic E-state index is 0.00541. The van der Waals surface area contributed by atoms with E-state index in [0.717, 1.165) is 25.8 Å². The molecule has 0 aliphatic rings. The summed E-state index contributed by atoms with van der Waals surface area (Å²) >= 11 is 4.73. The Morgan fingerprint density at radius 1 is 1.15 bits per heavy atom. The van der Waals surface area contributed by atoms with Crippen molar-refractivity contribution in [2.75, 3.05) is 7.11 Å². The predicted molar refractivity (Wildman–Crippen MR) is 105 cm³/mol. The van der Waals surface area contributed by atoms with E-state index in [1.807, 2.05) is 26.0 Å². The fourth-order valence-electron chi connectivity index (χ4n) is 2.50. The summed E-state index contributed by atoms with van der Waals surface area (Å²) in [6.45, 7) is 4.05. The Labute approximate surface area is 163 Å². The van der Waals surface area contributed by atoms with Gasteiger partial charge in [0, 0.05) is 10.0 Å². The van der Waals surface area contributed by atoms with Crippen molar-refractivity contribution in [3.05, 3.63) is 62.4 Å². The molecule has 0 aliphatic carbocycles. The number of fused-ring (bicyclic) bond motifs is 1. The minimum Gasteiger partial charge on any atom is -0.468 e. The summed E-state index contributed by atoms with van der Waals surface area (Å²) in [5.41, 5.74) is 3.61. The Hall–Kier alpha value is -2.25. The van der Waals surface area contributed by atoms with Crippen LogP contribution >= 0.6 is 27.3 Å². The van der Waals surface area contributed by atoms with E-state index in [2.05, 4.69) is 20.9 Å². The van der Waals surface area contributed by atoms with E-state index in [4.69, 9.17) is 4.74 Å². The zero-order valence-electron chi connectivity index (χ0n) is 14.6. The van der Waals surface area contributed by atoms with Crippen LogP contribution in [0.4, 0.5) is 0 Å². The second-order valence-corrected chi connectivity index (χ2v) is 7.80. The Morgan fingerprint density at radius 3 is 2.46 bits per heavy atom. The molecule has 3 aromatic rings. The Morgan fingerprint density at radius 2 is 1.81 bits per heavy atom. The standard InChI is InChI=1S/C19H17BrN2O3S/c1-11-8-15-16(9-12(11)2)26-19(22(15)10-17(23)25-3)21-18(24)13-4-6-14(20)7-5-13/h4-9H,10H2,1-3H3. The van der Waals surface area contributed by atoms with Gasteiger partial charge in [-0.2, -0.15) is 4.99 Å². The lowest BCUT2D eigenvalue weighted by molar-refractivity contribution is -0.141. The average Bonchev–Trinajstić information content (AvgIpc) is 2.92. The van der Waals surface area contributed by atoms with Gasteiger partial charge in [-0.3, -0.25) is 9.59 Å². The summed E-state index contributed by atoms with van der Waals surface area (Å²) < 4.78 is 8.39. The summed E-state index contributed by atoms with van der Waals surface area (Å²) in [7, 11) is 1.34. The first-order valence-electron chi connectivity index (χ1n) is 7.91. The first-order chi connectivity index (χ1) is 12.4. The number of methoxy groups -OCH3 is 1. The van der Waals surface area contributed by atoms with Crippen LogP contribution in [0.25, 0.3) is 10.2 Å². The second-order valence-electron chi connectivity index (χ2n) is 5.87. The lowest BCUT2D eigenvalue weighted by Crippen LogP contribution is -2.22. The van der Waals surface area contributed by atoms with Crippen LogP contribution in [-0.2, 0) is 16.1 Å². The lowest BCUT2D eigenvalue weighted by Gasteiger charge is -2.05. The zero-order chi connectivity index (χ0) is 18.8. The summed E-state index contributed by atoms with van der Waals surface area (Å²) in [5.74, 6) is -0.739. The van der Waals surface area contributed by atoms with Crippen molar-refractivity contribution in [1.82, 2.24) is 4.57 Å². The molecule has 0 fully saturated rings. The third kappa shape index (κ3) is 3.78. The molecule has 1 aromatic heterocycles. The number of thiazole rings is 1. The molecule has 0 saturated heterocycles. The maximum absolute atomic E-state index is 12.5. The van der Waals surface area contributed by atoms with E-state index in [1.165, 1.54) is 18.4 Å². The summed E-state index contributed by atoms with van der Waals surface area (Å²) in [6.07, 6.45) is 0. The van der Waals surface area contributed by atoms with Gasteiger partial charge in [0.05, 0.1) is 17.3 Å². The third-order valence-corrected chi connectivity index (χ3v) is 5.67. The van der Waals surface area contributed by atoms with Crippen LogP contribution in [0.1, 0.15) is 21.5 Å². The molecule has 0 atom stereocenters. The molecular weight excluding hydrogens is 416 g/mol. The first-order valence-corrected chi connectivity index (χ1v) is 9.52. The molecule has 0 spiro atoms. The van der Waals surface area contributed by atoms with Crippen molar-refractivity contribution in [2.45, 2.75) is 20.4 Å². The zero-order valence-corrected chi connectivity index (χ0v) is 17.0. The molecule has 1 amide bonds. The van der Waals surface area contributed by atoms with Gasteiger partial charge in [0.15, 0.2) is 4.80 Å². The van der Waals surface area contributed by atoms with E-state index in [9.17, 15) is 9.59 Å². The van der Waals surface area contributed by atoms with E-state index < -0.39 is 0 Å². The fourth-order valence-corrected chi connectivity index (χ4v) is 3.87. The molecule has 2 aromatic carbocycles. The number of aromatic nitrogens is 1. The van der Waals surface area contributed by atoms with Gasteiger partial charge in [-0.05, 0) is 61.4 Å². The van der Waals surface area contributed by atoms with Gasteiger partial charge in [0.25, 0.3) is 5.91 Å². The summed E-state index contributed by atoms with van der Waals surface area (Å²) in [5, 5.41) is 0. The van der Waals surface area contributed by atoms with Crippen LogP contribution in [0.15, 0.2) is 45.9 Å². The van der Waals surface area contributed by atoms with E-state index in [-0.39, 0.29) is 18.4 Å². The number of carbonyl (C=O) groups is 2. The van der Waals surface area contributed by atoms with Crippen LogP contribution in [0.2, 0.25) is 0 Å². The maximum atomic E-state index is 12.5. The molecule has 0 bridgehead atoms. The fraction of sp³-hybridized carbons (Fsp3) is 0.211. The van der Waals surface area contributed by atoms with Crippen molar-refractivity contribution >= 4 is 49.4 Å². The van der Waals surface area contributed by atoms with Gasteiger partial charge in [-0.15, -0.1) is 0 Å². The van der Waals surface area contributed by atoms with E-state index >= 15 is 0 Å². The van der Waals surface area contributed by atoms with E-state index in [0.29, 0.717) is 10.4 Å². The smallest absolute Gasteiger partial charge is 0.325 e. The van der Waals surface area contributed by atoms with Gasteiger partial charge >= 0.3 is 5.97 Å². The quantitative estimate of drug-likeness (QED) is 0.587. The monoisotopic (exact) mass is 432 g/mol. The summed E-state index contributed by atoms with van der Waals surface area (Å²) in [4.78, 5) is 29.1. The van der Waals surface area contributed by atoms with Crippen LogP contribution in [0.5, 0.6) is 0 Å². The van der Waals surface area contributed by atoms with E-state index in [1.54, 1.807) is 28.8 Å². The van der Waals surface area contributed by atoms with Gasteiger partial charge in [-0.1, -0.05) is 27.3 Å². The van der Waals surface area contributed by atoms with Gasteiger partial charge in [0.2, 0.25) is 0 Å². The number of benzene rings is 2. The van der Waals surface area contributed by atoms with Crippen molar-refractivity contribution in [1.29, 1.82) is 0 Å². The van der Waals surface area contributed by atoms with Crippen molar-refractivity contribution < 1.29 is 14.3 Å². The molecule has 1 heterocycles. The van der Waals surface area contributed by atoms with Crippen LogP contribution in [0.3, 0.4) is 0 Å². The molecule has 134 valence electrons. The normalized spacial score (nSPS) is 11.8. The first kappa shape index (κ1) is 18.5. The number of halogens is 1.